The van der Waals surface area contributed by atoms with Crippen LogP contribution in [-0.2, 0) is 32.8 Å². The van der Waals surface area contributed by atoms with Crippen LogP contribution < -0.4 is 34.5 Å². The predicted octanol–water partition coefficient (Wildman–Crippen LogP) is 9.15. The zero-order chi connectivity index (χ0) is 51.6. The topological polar surface area (TPSA) is 202 Å². The van der Waals surface area contributed by atoms with Crippen LogP contribution in [0, 0.1) is 0 Å². The fourth-order valence-corrected chi connectivity index (χ4v) is 7.56. The summed E-state index contributed by atoms with van der Waals surface area (Å²) >= 11 is 0. The molecule has 8 aromatic rings. The van der Waals surface area contributed by atoms with E-state index >= 15 is 0 Å². The van der Waals surface area contributed by atoms with E-state index in [0.29, 0.717) is 81.5 Å². The molecule has 74 heavy (non-hydrogen) atoms. The second-order valence-corrected chi connectivity index (χ2v) is 17.8. The number of halogens is 3. The molecule has 0 bridgehead atoms. The predicted molar refractivity (Wildman–Crippen MR) is 274 cm³/mol. The van der Waals surface area contributed by atoms with Gasteiger partial charge in [-0.1, -0.05) is 84.9 Å². The van der Waals surface area contributed by atoms with Crippen molar-refractivity contribution in [2.45, 2.75) is 18.7 Å². The van der Waals surface area contributed by atoms with Crippen molar-refractivity contribution < 1.29 is 44.7 Å². The minimum atomic E-state index is -5.90. The number of ether oxygens (including phenoxy) is 4. The molecule has 10 rings (SSSR count). The van der Waals surface area contributed by atoms with Crippen LogP contribution in [0.1, 0.15) is 11.1 Å². The number of nitrogen functional groups attached to an aromatic ring is 1. The third kappa shape index (κ3) is 15.3. The number of pyridine rings is 2. The number of nitrogens with zero attached hydrogens (tertiary/aromatic N) is 8. The molecule has 0 saturated carbocycles. The number of benzene rings is 4. The first-order valence-corrected chi connectivity index (χ1v) is 24.7. The molecule has 0 atom stereocenters. The van der Waals surface area contributed by atoms with Gasteiger partial charge < -0.3 is 44.0 Å². The summed E-state index contributed by atoms with van der Waals surface area (Å²) in [6, 6.07) is 44.8. The molecular weight excluding hydrogens is 978 g/mol. The van der Waals surface area contributed by atoms with Crippen LogP contribution in [0.3, 0.4) is 0 Å². The number of morpholine rings is 2. The molecule has 4 aromatic heterocycles. The average molecular weight is 1030 g/mol. The van der Waals surface area contributed by atoms with Gasteiger partial charge in [0.2, 0.25) is 17.8 Å². The van der Waals surface area contributed by atoms with E-state index in [-0.39, 0.29) is 11.6 Å². The molecule has 2 fully saturated rings. The van der Waals surface area contributed by atoms with E-state index in [1.54, 1.807) is 66.1 Å². The van der Waals surface area contributed by atoms with Crippen LogP contribution in [0.25, 0.3) is 22.5 Å². The monoisotopic (exact) mass is 1030 g/mol. The second-order valence-electron chi connectivity index (χ2n) is 16.3. The third-order valence-corrected chi connectivity index (χ3v) is 11.8. The molecule has 2 aliphatic rings. The van der Waals surface area contributed by atoms with Gasteiger partial charge in [-0.15, -0.1) is 0 Å². The Bertz CT molecular complexity index is 3130. The lowest BCUT2D eigenvalue weighted by atomic mass is 10.1. The number of anilines is 5. The highest BCUT2D eigenvalue weighted by Gasteiger charge is 2.49. The smallest absolute Gasteiger partial charge is 0.489 e. The van der Waals surface area contributed by atoms with Gasteiger partial charge >= 0.3 is 15.6 Å². The fraction of sp³-hybridized carbons (Fsp3) is 0.208. The van der Waals surface area contributed by atoms with Crippen molar-refractivity contribution in [1.29, 1.82) is 0 Å². The SMILES string of the molecule is Nc1cccnc1.O=S(=O)(Oc1cc(-c2cccc(OCc3ccccc3)c2)nc(N2CCOCC2)n1)C(F)(F)F.c1ccc(COc2cccc(-c3cc(Nc4cccnc4)nc(N4CCOCC4)n3)c2)cc1. The van der Waals surface area contributed by atoms with Crippen molar-refractivity contribution >= 4 is 39.2 Å². The number of hydrogen-bond acceptors (Lipinski definition) is 17. The van der Waals surface area contributed by atoms with E-state index < -0.39 is 21.5 Å². The van der Waals surface area contributed by atoms with E-state index in [9.17, 15) is 21.6 Å². The first-order chi connectivity index (χ1) is 35.9. The van der Waals surface area contributed by atoms with Crippen molar-refractivity contribution in [3.63, 3.8) is 0 Å². The zero-order valence-electron chi connectivity index (χ0n) is 39.8. The van der Waals surface area contributed by atoms with Gasteiger partial charge in [0, 0.05) is 68.0 Å². The Kier molecular flexibility index (Phi) is 17.8. The van der Waals surface area contributed by atoms with Crippen LogP contribution >= 0.6 is 0 Å². The van der Waals surface area contributed by atoms with Gasteiger partial charge in [-0.3, -0.25) is 9.97 Å². The third-order valence-electron chi connectivity index (χ3n) is 10.8. The van der Waals surface area contributed by atoms with E-state index in [0.717, 1.165) is 53.0 Å². The van der Waals surface area contributed by atoms with Crippen molar-refractivity contribution in [1.82, 2.24) is 29.9 Å². The Balaban J connectivity index is 0.000000174. The lowest BCUT2D eigenvalue weighted by Gasteiger charge is -2.27. The molecule has 382 valence electrons. The lowest BCUT2D eigenvalue weighted by Crippen LogP contribution is -2.37. The molecule has 0 unspecified atom stereocenters. The van der Waals surface area contributed by atoms with E-state index in [2.05, 4.69) is 46.5 Å². The highest BCUT2D eigenvalue weighted by molar-refractivity contribution is 7.88. The Labute approximate surface area is 425 Å². The van der Waals surface area contributed by atoms with Gasteiger partial charge in [0.15, 0.2) is 0 Å². The van der Waals surface area contributed by atoms with Crippen molar-refractivity contribution in [2.75, 3.05) is 73.5 Å². The van der Waals surface area contributed by atoms with E-state index in [1.165, 1.54) is 0 Å². The minimum Gasteiger partial charge on any atom is -0.489 e. The molecular formula is C53H51F3N10O7S. The highest BCUT2D eigenvalue weighted by Crippen LogP contribution is 2.32. The quantitative estimate of drug-likeness (QED) is 0.0770. The van der Waals surface area contributed by atoms with Gasteiger partial charge in [-0.25, -0.2) is 9.97 Å². The molecule has 3 N–H and O–H groups in total. The van der Waals surface area contributed by atoms with Crippen molar-refractivity contribution in [3.05, 3.63) is 182 Å². The molecule has 0 amide bonds. The maximum absolute atomic E-state index is 12.9. The Hall–Kier alpha value is -8.40. The zero-order valence-corrected chi connectivity index (χ0v) is 40.6. The van der Waals surface area contributed by atoms with Crippen molar-refractivity contribution in [2.24, 2.45) is 0 Å². The van der Waals surface area contributed by atoms with Crippen LogP contribution in [0.4, 0.5) is 42.3 Å². The summed E-state index contributed by atoms with van der Waals surface area (Å²) < 4.78 is 88.7. The summed E-state index contributed by atoms with van der Waals surface area (Å²) in [4.78, 5) is 29.7. The van der Waals surface area contributed by atoms with Gasteiger partial charge in [0.1, 0.15) is 30.5 Å². The largest absolute Gasteiger partial charge is 0.534 e. The molecule has 4 aromatic carbocycles. The molecule has 2 aliphatic heterocycles. The summed E-state index contributed by atoms with van der Waals surface area (Å²) in [6.07, 6.45) is 6.82. The number of nitrogens with one attached hydrogen (secondary N) is 1. The van der Waals surface area contributed by atoms with Crippen LogP contribution in [0.5, 0.6) is 17.4 Å². The lowest BCUT2D eigenvalue weighted by molar-refractivity contribution is -0.0501. The maximum Gasteiger partial charge on any atom is 0.534 e. The van der Waals surface area contributed by atoms with E-state index in [4.69, 9.17) is 34.6 Å². The minimum absolute atomic E-state index is 0.0313. The van der Waals surface area contributed by atoms with Gasteiger partial charge in [-0.05, 0) is 59.7 Å². The highest BCUT2D eigenvalue weighted by atomic mass is 32.2. The number of alkyl halides is 3. The maximum atomic E-state index is 12.9. The van der Waals surface area contributed by atoms with Crippen LogP contribution in [0.15, 0.2) is 170 Å². The summed E-state index contributed by atoms with van der Waals surface area (Å²) in [5.74, 6) is 1.98. The van der Waals surface area contributed by atoms with Crippen LogP contribution in [0.2, 0.25) is 0 Å². The Morgan fingerprint density at radius 3 is 1.57 bits per heavy atom. The number of aromatic nitrogens is 6. The molecule has 2 saturated heterocycles. The molecule has 17 nitrogen and oxygen atoms in total. The molecule has 0 radical (unpaired) electrons. The number of nitrogens with two attached hydrogens (primary N) is 1. The normalized spacial score (nSPS) is 13.6. The molecule has 0 aliphatic carbocycles. The van der Waals surface area contributed by atoms with E-state index in [1.807, 2.05) is 91.0 Å². The standard InChI is InChI=1S/C26H25N5O2.C22H20F3N3O5S.C5H6N2/c1-2-6-20(7-3-1)19-33-23-10-4-8-21(16-23)24-17-25(28-22-9-5-11-27-18-22)30-26(29-24)31-12-14-32-15-13-31;23-22(24,25)34(29,30)33-20-14-19(26-21(27-20)28-9-11-31-12-10-28)17-7-4-8-18(13-17)32-15-16-5-2-1-3-6-16;6-5-2-1-3-7-4-5/h1-11,16-18H,12-15,19H2,(H,28,29,30);1-8,13-14H,9-12,15H2;1-4H,6H2. The van der Waals surface area contributed by atoms with Gasteiger partial charge in [0.25, 0.3) is 0 Å². The summed E-state index contributed by atoms with van der Waals surface area (Å²) in [6.45, 7) is 5.19. The molecule has 6 heterocycles. The molecule has 21 heteroatoms. The fourth-order valence-electron chi connectivity index (χ4n) is 7.15. The second kappa shape index (κ2) is 25.3. The van der Waals surface area contributed by atoms with Crippen LogP contribution in [-0.4, -0.2) is 96.4 Å². The van der Waals surface area contributed by atoms with Crippen molar-refractivity contribution in [3.8, 4) is 39.9 Å². The first-order valence-electron chi connectivity index (χ1n) is 23.3. The Morgan fingerprint density at radius 1 is 0.581 bits per heavy atom. The van der Waals surface area contributed by atoms with Gasteiger partial charge in [-0.2, -0.15) is 31.6 Å². The number of hydrogen-bond donors (Lipinski definition) is 2. The van der Waals surface area contributed by atoms with Gasteiger partial charge in [0.05, 0.1) is 55.4 Å². The summed E-state index contributed by atoms with van der Waals surface area (Å²) in [7, 11) is -5.90. The average Bonchev–Trinajstić information content (AvgIpc) is 3.43. The first kappa shape index (κ1) is 51.9. The number of rotatable bonds is 14. The Morgan fingerprint density at radius 2 is 1.09 bits per heavy atom. The molecule has 0 spiro atoms. The summed E-state index contributed by atoms with van der Waals surface area (Å²) in [5.41, 5.74) is 5.81. The summed E-state index contributed by atoms with van der Waals surface area (Å²) in [5, 5.41) is 3.35.